The maximum atomic E-state index is 13.2. The minimum atomic E-state index is -0.207. The fraction of sp³-hybridized carbons (Fsp3) is 0.385. The van der Waals surface area contributed by atoms with Crippen LogP contribution in [0.25, 0.3) is 0 Å². The number of rotatable bonds is 6. The number of allylic oxidation sites excluding steroid dienone is 2. The monoisotopic (exact) mass is 419 g/mol. The molecule has 5 heteroatoms. The highest BCUT2D eigenvalue weighted by Crippen LogP contribution is 2.43. The number of ketones is 1. The second kappa shape index (κ2) is 8.96. The molecule has 0 radical (unpaired) electrons. The number of carbonyl (C=O) groups is 2. The minimum Gasteiger partial charge on any atom is -0.497 e. The van der Waals surface area contributed by atoms with Crippen molar-refractivity contribution < 1.29 is 19.1 Å². The van der Waals surface area contributed by atoms with Gasteiger partial charge < -0.3 is 14.8 Å². The van der Waals surface area contributed by atoms with E-state index >= 15 is 0 Å². The van der Waals surface area contributed by atoms with E-state index in [1.807, 2.05) is 48.5 Å². The summed E-state index contributed by atoms with van der Waals surface area (Å²) in [6.45, 7) is 4.87. The Morgan fingerprint density at radius 2 is 1.74 bits per heavy atom. The largest absolute Gasteiger partial charge is 0.497 e. The molecule has 0 aromatic heterocycles. The van der Waals surface area contributed by atoms with Crippen LogP contribution in [-0.4, -0.2) is 25.4 Å². The van der Waals surface area contributed by atoms with E-state index in [1.54, 1.807) is 7.11 Å². The quantitative estimate of drug-likeness (QED) is 0.735. The first kappa shape index (κ1) is 21.2. The third kappa shape index (κ3) is 4.66. The van der Waals surface area contributed by atoms with Crippen molar-refractivity contribution in [3.05, 3.63) is 70.9 Å². The number of Topliss-reactive ketones (excluding diaryl/α,β-unsaturated/α-hetero) is 1. The van der Waals surface area contributed by atoms with Crippen molar-refractivity contribution in [1.82, 2.24) is 5.32 Å². The van der Waals surface area contributed by atoms with Gasteiger partial charge in [-0.25, -0.2) is 0 Å². The molecule has 162 valence electrons. The molecule has 2 atom stereocenters. The van der Waals surface area contributed by atoms with Crippen LogP contribution in [0.5, 0.6) is 11.5 Å². The number of nitrogens with one attached hydrogen (secondary N) is 1. The first-order valence-electron chi connectivity index (χ1n) is 10.9. The van der Waals surface area contributed by atoms with Crippen LogP contribution in [0.4, 0.5) is 0 Å². The number of methoxy groups -OCH3 is 1. The molecule has 1 amide bonds. The van der Waals surface area contributed by atoms with Gasteiger partial charge in [0.1, 0.15) is 11.5 Å². The van der Waals surface area contributed by atoms with Crippen molar-refractivity contribution in [1.29, 1.82) is 0 Å². The predicted molar refractivity (Wildman–Crippen MR) is 119 cm³/mol. The Balaban J connectivity index is 1.60. The molecular formula is C26H29NO4. The van der Waals surface area contributed by atoms with Gasteiger partial charge >= 0.3 is 0 Å². The summed E-state index contributed by atoms with van der Waals surface area (Å²) in [4.78, 5) is 25.7. The summed E-state index contributed by atoms with van der Waals surface area (Å²) in [6.07, 6.45) is 1.38. The van der Waals surface area contributed by atoms with Crippen LogP contribution in [0.1, 0.15) is 56.1 Å². The lowest BCUT2D eigenvalue weighted by atomic mass is 9.73. The molecule has 4 rings (SSSR count). The van der Waals surface area contributed by atoms with Crippen LogP contribution in [0.3, 0.4) is 0 Å². The van der Waals surface area contributed by atoms with Crippen molar-refractivity contribution in [2.75, 3.05) is 13.7 Å². The van der Waals surface area contributed by atoms with Gasteiger partial charge in [-0.15, -0.1) is 0 Å². The van der Waals surface area contributed by atoms with Gasteiger partial charge in [0.2, 0.25) is 5.91 Å². The molecule has 1 N–H and O–H groups in total. The number of benzene rings is 2. The number of ether oxygens (including phenoxy) is 2. The van der Waals surface area contributed by atoms with E-state index in [0.717, 1.165) is 33.9 Å². The van der Waals surface area contributed by atoms with E-state index in [2.05, 4.69) is 19.2 Å². The number of hydrogen-bond acceptors (Lipinski definition) is 4. The fourth-order valence-corrected chi connectivity index (χ4v) is 4.44. The van der Waals surface area contributed by atoms with Gasteiger partial charge in [-0.1, -0.05) is 38.1 Å². The lowest BCUT2D eigenvalue weighted by Crippen LogP contribution is -2.38. The summed E-state index contributed by atoms with van der Waals surface area (Å²) in [6, 6.07) is 15.6. The highest BCUT2D eigenvalue weighted by Gasteiger charge is 2.38. The number of hydrogen-bond donors (Lipinski definition) is 1. The second-order valence-corrected chi connectivity index (χ2v) is 8.78. The van der Waals surface area contributed by atoms with Gasteiger partial charge in [0.15, 0.2) is 5.78 Å². The van der Waals surface area contributed by atoms with Crippen molar-refractivity contribution in [3.63, 3.8) is 0 Å². The summed E-state index contributed by atoms with van der Waals surface area (Å²) in [7, 11) is 1.64. The van der Waals surface area contributed by atoms with E-state index in [0.29, 0.717) is 31.8 Å². The third-order valence-electron chi connectivity index (χ3n) is 5.97. The molecule has 0 saturated carbocycles. The molecule has 0 saturated heterocycles. The topological polar surface area (TPSA) is 64.6 Å². The molecule has 1 heterocycles. The second-order valence-electron chi connectivity index (χ2n) is 8.78. The first-order valence-corrected chi connectivity index (χ1v) is 10.9. The molecule has 2 unspecified atom stereocenters. The Kier molecular flexibility index (Phi) is 6.12. The first-order chi connectivity index (χ1) is 14.9. The normalized spacial score (nSPS) is 21.0. The Hall–Kier alpha value is -3.08. The zero-order chi connectivity index (χ0) is 22.0. The molecule has 0 bridgehead atoms. The Labute approximate surface area is 183 Å². The lowest BCUT2D eigenvalue weighted by Gasteiger charge is -2.34. The number of carbonyl (C=O) groups excluding carboxylic acids is 2. The van der Waals surface area contributed by atoms with Crippen molar-refractivity contribution in [2.45, 2.75) is 44.9 Å². The SMILES string of the molecule is COc1cccc(C2CC(=O)C3=C(C2)NC(=O)CC3c2ccc(OCC(C)C)cc2)c1. The standard InChI is InChI=1S/C26H29NO4/c1-16(2)15-31-20-9-7-17(8-10-20)22-14-25(29)27-23-12-19(13-24(28)26(22)23)18-5-4-6-21(11-18)30-3/h4-11,16,19,22H,12-15H2,1-3H3,(H,27,29). The zero-order valence-corrected chi connectivity index (χ0v) is 18.3. The highest BCUT2D eigenvalue weighted by molar-refractivity contribution is 6.02. The third-order valence-corrected chi connectivity index (χ3v) is 5.97. The van der Waals surface area contributed by atoms with Crippen LogP contribution in [0, 0.1) is 5.92 Å². The van der Waals surface area contributed by atoms with E-state index in [9.17, 15) is 9.59 Å². The minimum absolute atomic E-state index is 0.0345. The van der Waals surface area contributed by atoms with Gasteiger partial charge in [-0.05, 0) is 53.6 Å². The van der Waals surface area contributed by atoms with Gasteiger partial charge in [0.05, 0.1) is 13.7 Å². The summed E-state index contributed by atoms with van der Waals surface area (Å²) in [5.74, 6) is 1.93. The van der Waals surface area contributed by atoms with E-state index < -0.39 is 0 Å². The number of amides is 1. The average molecular weight is 420 g/mol. The van der Waals surface area contributed by atoms with Crippen LogP contribution in [0.15, 0.2) is 59.8 Å². The van der Waals surface area contributed by atoms with E-state index in [4.69, 9.17) is 9.47 Å². The molecule has 0 spiro atoms. The maximum absolute atomic E-state index is 13.2. The Bertz CT molecular complexity index is 1010. The summed E-state index contributed by atoms with van der Waals surface area (Å²) >= 11 is 0. The molecule has 31 heavy (non-hydrogen) atoms. The summed E-state index contributed by atoms with van der Waals surface area (Å²) in [5, 5.41) is 2.98. The Morgan fingerprint density at radius 3 is 2.45 bits per heavy atom. The van der Waals surface area contributed by atoms with Gasteiger partial charge in [-0.2, -0.15) is 0 Å². The maximum Gasteiger partial charge on any atom is 0.225 e. The van der Waals surface area contributed by atoms with Gasteiger partial charge in [-0.3, -0.25) is 9.59 Å². The average Bonchev–Trinajstić information content (AvgIpc) is 2.77. The van der Waals surface area contributed by atoms with Crippen LogP contribution in [-0.2, 0) is 9.59 Å². The molecule has 1 aliphatic heterocycles. The predicted octanol–water partition coefficient (Wildman–Crippen LogP) is 4.73. The van der Waals surface area contributed by atoms with Crippen LogP contribution in [0.2, 0.25) is 0 Å². The lowest BCUT2D eigenvalue weighted by molar-refractivity contribution is -0.122. The van der Waals surface area contributed by atoms with Crippen molar-refractivity contribution in [3.8, 4) is 11.5 Å². The molecule has 1 aliphatic carbocycles. The highest BCUT2D eigenvalue weighted by atomic mass is 16.5. The van der Waals surface area contributed by atoms with E-state index in [-0.39, 0.29) is 23.5 Å². The molecule has 2 aliphatic rings. The summed E-state index contributed by atoms with van der Waals surface area (Å²) in [5.41, 5.74) is 3.56. The van der Waals surface area contributed by atoms with Crippen molar-refractivity contribution in [2.24, 2.45) is 5.92 Å². The smallest absolute Gasteiger partial charge is 0.225 e. The zero-order valence-electron chi connectivity index (χ0n) is 18.3. The molecule has 0 fully saturated rings. The van der Waals surface area contributed by atoms with Crippen LogP contribution < -0.4 is 14.8 Å². The van der Waals surface area contributed by atoms with E-state index in [1.165, 1.54) is 0 Å². The van der Waals surface area contributed by atoms with Crippen LogP contribution >= 0.6 is 0 Å². The summed E-state index contributed by atoms with van der Waals surface area (Å²) < 4.78 is 11.1. The fourth-order valence-electron chi connectivity index (χ4n) is 4.44. The van der Waals surface area contributed by atoms with Gasteiger partial charge in [0.25, 0.3) is 0 Å². The van der Waals surface area contributed by atoms with Crippen molar-refractivity contribution >= 4 is 11.7 Å². The molecule has 2 aromatic rings. The van der Waals surface area contributed by atoms with Gasteiger partial charge in [0, 0.05) is 30.0 Å². The molecular weight excluding hydrogens is 390 g/mol. The molecule has 5 nitrogen and oxygen atoms in total. The molecule has 2 aromatic carbocycles. The Morgan fingerprint density at radius 1 is 0.968 bits per heavy atom.